The number of nitrogens with one attached hydrogen (secondary N) is 1. The van der Waals surface area contributed by atoms with Crippen molar-refractivity contribution in [2.75, 3.05) is 31.1 Å². The summed E-state index contributed by atoms with van der Waals surface area (Å²) in [5.74, 6) is 1.61. The van der Waals surface area contributed by atoms with Gasteiger partial charge < -0.3 is 14.8 Å². The predicted octanol–water partition coefficient (Wildman–Crippen LogP) is 1.51. The van der Waals surface area contributed by atoms with Gasteiger partial charge in [0, 0.05) is 44.6 Å². The maximum atomic E-state index is 12.7. The molecule has 1 amide bonds. The number of carbonyl (C=O) groups excluding carboxylic acids is 2. The monoisotopic (exact) mass is 358 g/mol. The van der Waals surface area contributed by atoms with Gasteiger partial charge in [-0.3, -0.25) is 9.59 Å². The van der Waals surface area contributed by atoms with Crippen molar-refractivity contribution in [1.82, 2.24) is 19.8 Å². The van der Waals surface area contributed by atoms with Gasteiger partial charge in [-0.1, -0.05) is 30.3 Å². The number of rotatable bonds is 6. The molecule has 1 aliphatic rings. The van der Waals surface area contributed by atoms with Crippen LogP contribution in [0.2, 0.25) is 0 Å². The standard InChI is InChI=1S/C18H22N4O2S/c1-21-9-8-20-18(21)15-11-19-7-10-22(15)17(24)13-25-12-16(23)14-5-3-2-4-6-14/h2-6,8-9,15,19H,7,10-13H2,1H3. The Balaban J connectivity index is 1.56. The molecule has 1 aromatic carbocycles. The first-order chi connectivity index (χ1) is 12.2. The number of aryl methyl sites for hydroxylation is 1. The van der Waals surface area contributed by atoms with Gasteiger partial charge in [0.25, 0.3) is 0 Å². The molecule has 0 radical (unpaired) electrons. The lowest BCUT2D eigenvalue weighted by Gasteiger charge is -2.35. The molecule has 1 aliphatic heterocycles. The first-order valence-corrected chi connectivity index (χ1v) is 9.45. The fraction of sp³-hybridized carbons (Fsp3) is 0.389. The molecule has 25 heavy (non-hydrogen) atoms. The van der Waals surface area contributed by atoms with Crippen LogP contribution in [0.3, 0.4) is 0 Å². The largest absolute Gasteiger partial charge is 0.336 e. The summed E-state index contributed by atoms with van der Waals surface area (Å²) in [7, 11) is 1.94. The second-order valence-electron chi connectivity index (χ2n) is 5.99. The molecule has 1 saturated heterocycles. The van der Waals surface area contributed by atoms with Crippen LogP contribution in [0.1, 0.15) is 22.2 Å². The number of carbonyl (C=O) groups is 2. The van der Waals surface area contributed by atoms with E-state index in [1.807, 2.05) is 40.9 Å². The fourth-order valence-electron chi connectivity index (χ4n) is 2.95. The molecule has 2 aromatic rings. The van der Waals surface area contributed by atoms with Crippen LogP contribution in [0.15, 0.2) is 42.7 Å². The number of amides is 1. The van der Waals surface area contributed by atoms with Crippen molar-refractivity contribution < 1.29 is 9.59 Å². The molecule has 1 aromatic heterocycles. The highest BCUT2D eigenvalue weighted by Gasteiger charge is 2.30. The van der Waals surface area contributed by atoms with Crippen molar-refractivity contribution in [2.24, 2.45) is 7.05 Å². The molecule has 1 atom stereocenters. The molecule has 0 saturated carbocycles. The molecule has 7 heteroatoms. The Morgan fingerprint density at radius 1 is 1.28 bits per heavy atom. The third kappa shape index (κ3) is 4.29. The quantitative estimate of drug-likeness (QED) is 0.793. The molecule has 0 bridgehead atoms. The molecular formula is C18H22N4O2S. The van der Waals surface area contributed by atoms with Gasteiger partial charge in [0.15, 0.2) is 5.78 Å². The minimum absolute atomic E-state index is 0.0550. The van der Waals surface area contributed by atoms with Crippen LogP contribution < -0.4 is 5.32 Å². The summed E-state index contributed by atoms with van der Waals surface area (Å²) in [5.41, 5.74) is 0.690. The van der Waals surface area contributed by atoms with Gasteiger partial charge in [0.05, 0.1) is 11.5 Å². The Labute approximate surface area is 151 Å². The molecular weight excluding hydrogens is 336 g/mol. The van der Waals surface area contributed by atoms with Gasteiger partial charge >= 0.3 is 0 Å². The van der Waals surface area contributed by atoms with Crippen LogP contribution in [0.25, 0.3) is 0 Å². The highest BCUT2D eigenvalue weighted by Crippen LogP contribution is 2.21. The summed E-state index contributed by atoms with van der Waals surface area (Å²) >= 11 is 1.37. The molecule has 1 fully saturated rings. The van der Waals surface area contributed by atoms with Crippen molar-refractivity contribution >= 4 is 23.5 Å². The third-order valence-corrected chi connectivity index (χ3v) is 5.19. The van der Waals surface area contributed by atoms with Crippen LogP contribution in [0.4, 0.5) is 0 Å². The van der Waals surface area contributed by atoms with E-state index < -0.39 is 0 Å². The van der Waals surface area contributed by atoms with Crippen LogP contribution in [-0.4, -0.2) is 57.3 Å². The average molecular weight is 358 g/mol. The number of imidazole rings is 1. The van der Waals surface area contributed by atoms with Gasteiger partial charge in [0.2, 0.25) is 5.91 Å². The van der Waals surface area contributed by atoms with Crippen LogP contribution in [0.5, 0.6) is 0 Å². The summed E-state index contributed by atoms with van der Waals surface area (Å²) < 4.78 is 1.95. The van der Waals surface area contributed by atoms with E-state index in [-0.39, 0.29) is 17.7 Å². The Kier molecular flexibility index (Phi) is 5.88. The lowest BCUT2D eigenvalue weighted by atomic mass is 10.1. The van der Waals surface area contributed by atoms with Crippen LogP contribution in [0, 0.1) is 0 Å². The topological polar surface area (TPSA) is 67.2 Å². The fourth-order valence-corrected chi connectivity index (χ4v) is 3.75. The normalized spacial score (nSPS) is 17.5. The van der Waals surface area contributed by atoms with Crippen LogP contribution in [-0.2, 0) is 11.8 Å². The van der Waals surface area contributed by atoms with Gasteiger partial charge in [-0.05, 0) is 0 Å². The number of nitrogens with zero attached hydrogens (tertiary/aromatic N) is 3. The van der Waals surface area contributed by atoms with Gasteiger partial charge in [-0.25, -0.2) is 4.98 Å². The molecule has 1 N–H and O–H groups in total. The maximum absolute atomic E-state index is 12.7. The Morgan fingerprint density at radius 2 is 2.08 bits per heavy atom. The first kappa shape index (κ1) is 17.7. The third-order valence-electron chi connectivity index (χ3n) is 4.27. The number of hydrogen-bond acceptors (Lipinski definition) is 5. The molecule has 1 unspecified atom stereocenters. The highest BCUT2D eigenvalue weighted by atomic mass is 32.2. The van der Waals surface area contributed by atoms with Crippen molar-refractivity contribution in [1.29, 1.82) is 0 Å². The summed E-state index contributed by atoms with van der Waals surface area (Å²) in [5, 5.41) is 3.32. The van der Waals surface area contributed by atoms with Crippen molar-refractivity contribution in [3.05, 3.63) is 54.1 Å². The molecule has 0 spiro atoms. The predicted molar refractivity (Wildman–Crippen MR) is 98.6 cm³/mol. The van der Waals surface area contributed by atoms with Gasteiger partial charge in [0.1, 0.15) is 11.9 Å². The molecule has 132 valence electrons. The molecule has 2 heterocycles. The number of ketones is 1. The minimum atomic E-state index is -0.0633. The number of aromatic nitrogens is 2. The van der Waals surface area contributed by atoms with E-state index in [4.69, 9.17) is 0 Å². The molecule has 0 aliphatic carbocycles. The Hall–Kier alpha value is -2.12. The summed E-state index contributed by atoms with van der Waals surface area (Å²) in [6.45, 7) is 2.13. The van der Waals surface area contributed by atoms with Crippen LogP contribution >= 0.6 is 11.8 Å². The van der Waals surface area contributed by atoms with Crippen molar-refractivity contribution in [3.63, 3.8) is 0 Å². The van der Waals surface area contributed by atoms with Crippen molar-refractivity contribution in [3.8, 4) is 0 Å². The SMILES string of the molecule is Cn1ccnc1C1CNCCN1C(=O)CSCC(=O)c1ccccc1. The Morgan fingerprint density at radius 3 is 2.80 bits per heavy atom. The number of piperazine rings is 1. The second-order valence-corrected chi connectivity index (χ2v) is 6.97. The summed E-state index contributed by atoms with van der Waals surface area (Å²) in [4.78, 5) is 31.1. The number of thioether (sulfide) groups is 1. The minimum Gasteiger partial charge on any atom is -0.336 e. The Bertz CT molecular complexity index is 732. The van der Waals surface area contributed by atoms with E-state index in [1.165, 1.54) is 11.8 Å². The smallest absolute Gasteiger partial charge is 0.233 e. The number of hydrogen-bond donors (Lipinski definition) is 1. The van der Waals surface area contributed by atoms with Gasteiger partial charge in [-0.15, -0.1) is 11.8 Å². The highest BCUT2D eigenvalue weighted by molar-refractivity contribution is 8.00. The lowest BCUT2D eigenvalue weighted by molar-refractivity contribution is -0.131. The summed E-state index contributed by atoms with van der Waals surface area (Å²) in [6, 6.07) is 9.13. The average Bonchev–Trinajstić information content (AvgIpc) is 3.08. The van der Waals surface area contributed by atoms with E-state index in [1.54, 1.807) is 18.3 Å². The zero-order chi connectivity index (χ0) is 17.6. The summed E-state index contributed by atoms with van der Waals surface area (Å²) in [6.07, 6.45) is 3.64. The van der Waals surface area contributed by atoms with Gasteiger partial charge in [-0.2, -0.15) is 0 Å². The second kappa shape index (κ2) is 8.31. The zero-order valence-corrected chi connectivity index (χ0v) is 15.0. The zero-order valence-electron chi connectivity index (χ0n) is 14.2. The molecule has 6 nitrogen and oxygen atoms in total. The first-order valence-electron chi connectivity index (χ1n) is 8.30. The van der Waals surface area contributed by atoms with Crippen molar-refractivity contribution in [2.45, 2.75) is 6.04 Å². The van der Waals surface area contributed by atoms with E-state index in [0.717, 1.165) is 12.4 Å². The number of benzene rings is 1. The molecule has 3 rings (SSSR count). The maximum Gasteiger partial charge on any atom is 0.233 e. The van der Waals surface area contributed by atoms with E-state index >= 15 is 0 Å². The van der Waals surface area contributed by atoms with E-state index in [9.17, 15) is 9.59 Å². The number of Topliss-reactive ketones (excluding diaryl/α,β-unsaturated/α-hetero) is 1. The van der Waals surface area contributed by atoms with E-state index in [0.29, 0.717) is 30.2 Å². The lowest BCUT2D eigenvalue weighted by Crippen LogP contribution is -2.50. The van der Waals surface area contributed by atoms with E-state index in [2.05, 4.69) is 10.3 Å².